The Morgan fingerprint density at radius 1 is 0.774 bits per heavy atom. The second-order valence-corrected chi connectivity index (χ2v) is 7.09. The monoisotopic (exact) mass is 431 g/mol. The van der Waals surface area contributed by atoms with Gasteiger partial charge in [0.05, 0.1) is 5.56 Å². The van der Waals surface area contributed by atoms with Gasteiger partial charge in [-0.25, -0.2) is 0 Å². The smallest absolute Gasteiger partial charge is 0.333 e. The first kappa shape index (κ1) is 20.7. The van der Waals surface area contributed by atoms with Crippen molar-refractivity contribution in [1.82, 2.24) is 5.32 Å². The number of amides is 1. The molecule has 3 nitrogen and oxygen atoms in total. The molecular formula is C23H14F5NO2. The van der Waals surface area contributed by atoms with E-state index in [0.717, 1.165) is 0 Å². The van der Waals surface area contributed by atoms with Gasteiger partial charge in [0, 0.05) is 16.7 Å². The SMILES string of the molecule is O=C1NC(c2ccccc2)(C(F)(F)C(=O)c2ccc(C(F)(F)F)cc2)c2ccccc21. The molecule has 0 fully saturated rings. The normalized spacial score (nSPS) is 18.4. The van der Waals surface area contributed by atoms with E-state index < -0.39 is 40.5 Å². The van der Waals surface area contributed by atoms with E-state index in [4.69, 9.17) is 0 Å². The summed E-state index contributed by atoms with van der Waals surface area (Å²) < 4.78 is 70.3. The Labute approximate surface area is 173 Å². The van der Waals surface area contributed by atoms with Gasteiger partial charge in [-0.15, -0.1) is 0 Å². The van der Waals surface area contributed by atoms with E-state index in [0.29, 0.717) is 24.3 Å². The third kappa shape index (κ3) is 3.10. The van der Waals surface area contributed by atoms with Crippen molar-refractivity contribution in [2.75, 3.05) is 0 Å². The highest BCUT2D eigenvalue weighted by Gasteiger charge is 2.65. The van der Waals surface area contributed by atoms with Crippen molar-refractivity contribution in [2.24, 2.45) is 0 Å². The highest BCUT2D eigenvalue weighted by atomic mass is 19.4. The lowest BCUT2D eigenvalue weighted by molar-refractivity contribution is -0.137. The average molecular weight is 431 g/mol. The molecule has 3 aromatic rings. The first-order chi connectivity index (χ1) is 14.6. The largest absolute Gasteiger partial charge is 0.416 e. The van der Waals surface area contributed by atoms with Gasteiger partial charge < -0.3 is 5.32 Å². The van der Waals surface area contributed by atoms with Crippen molar-refractivity contribution in [3.63, 3.8) is 0 Å². The number of hydrogen-bond donors (Lipinski definition) is 1. The Balaban J connectivity index is 1.88. The third-order valence-corrected chi connectivity index (χ3v) is 5.31. The summed E-state index contributed by atoms with van der Waals surface area (Å²) in [6.07, 6.45) is -4.67. The second kappa shape index (κ2) is 7.01. The van der Waals surface area contributed by atoms with Crippen LogP contribution in [-0.2, 0) is 11.7 Å². The molecule has 0 aliphatic carbocycles. The van der Waals surface area contributed by atoms with Crippen LogP contribution in [-0.4, -0.2) is 17.6 Å². The summed E-state index contributed by atoms with van der Waals surface area (Å²) in [5.74, 6) is -6.70. The van der Waals surface area contributed by atoms with E-state index >= 15 is 8.78 Å². The highest BCUT2D eigenvalue weighted by molar-refractivity contribution is 6.07. The molecule has 3 aromatic carbocycles. The summed E-state index contributed by atoms with van der Waals surface area (Å²) in [4.78, 5) is 25.5. The number of benzene rings is 3. The minimum atomic E-state index is -4.67. The van der Waals surface area contributed by atoms with Crippen LogP contribution < -0.4 is 5.32 Å². The van der Waals surface area contributed by atoms with Crippen LogP contribution in [0.15, 0.2) is 78.9 Å². The summed E-state index contributed by atoms with van der Waals surface area (Å²) in [5, 5.41) is 2.29. The first-order valence-corrected chi connectivity index (χ1v) is 9.16. The van der Waals surface area contributed by atoms with E-state index in [9.17, 15) is 22.8 Å². The number of carbonyl (C=O) groups excluding carboxylic acids is 2. The maximum Gasteiger partial charge on any atom is 0.416 e. The molecule has 0 aromatic heterocycles. The minimum Gasteiger partial charge on any atom is -0.333 e. The molecule has 1 N–H and O–H groups in total. The fourth-order valence-electron chi connectivity index (χ4n) is 3.82. The lowest BCUT2D eigenvalue weighted by Gasteiger charge is -2.37. The Morgan fingerprint density at radius 2 is 1.35 bits per heavy atom. The lowest BCUT2D eigenvalue weighted by Crippen LogP contribution is -2.58. The molecule has 8 heteroatoms. The number of halogens is 5. The number of rotatable bonds is 4. The van der Waals surface area contributed by atoms with Crippen LogP contribution in [0.4, 0.5) is 22.0 Å². The quantitative estimate of drug-likeness (QED) is 0.455. The molecule has 1 aliphatic heterocycles. The van der Waals surface area contributed by atoms with Crippen molar-refractivity contribution in [1.29, 1.82) is 0 Å². The molecule has 0 saturated heterocycles. The van der Waals surface area contributed by atoms with Gasteiger partial charge in [0.1, 0.15) is 0 Å². The van der Waals surface area contributed by atoms with Gasteiger partial charge in [0.25, 0.3) is 5.91 Å². The molecule has 1 amide bonds. The first-order valence-electron chi connectivity index (χ1n) is 9.16. The number of Topliss-reactive ketones (excluding diaryl/α,β-unsaturated/α-hetero) is 1. The Morgan fingerprint density at radius 3 is 1.97 bits per heavy atom. The predicted octanol–water partition coefficient (Wildman–Crippen LogP) is 5.21. The maximum atomic E-state index is 15.9. The molecule has 0 bridgehead atoms. The molecule has 1 heterocycles. The van der Waals surface area contributed by atoms with Gasteiger partial charge >= 0.3 is 12.1 Å². The van der Waals surface area contributed by atoms with Crippen molar-refractivity contribution < 1.29 is 31.5 Å². The van der Waals surface area contributed by atoms with Crippen LogP contribution in [0, 0.1) is 0 Å². The molecule has 4 rings (SSSR count). The van der Waals surface area contributed by atoms with E-state index in [1.807, 2.05) is 0 Å². The Kier molecular flexibility index (Phi) is 4.68. The van der Waals surface area contributed by atoms with Crippen LogP contribution in [0.5, 0.6) is 0 Å². The summed E-state index contributed by atoms with van der Waals surface area (Å²) in [6, 6.07) is 15.5. The van der Waals surface area contributed by atoms with Crippen LogP contribution in [0.1, 0.15) is 37.4 Å². The van der Waals surface area contributed by atoms with Crippen LogP contribution in [0.2, 0.25) is 0 Å². The molecule has 0 saturated carbocycles. The van der Waals surface area contributed by atoms with Crippen LogP contribution in [0.3, 0.4) is 0 Å². The van der Waals surface area contributed by atoms with Crippen molar-refractivity contribution in [3.8, 4) is 0 Å². The standard InChI is InChI=1S/C23H14F5NO2/c24-22(25,19(30)14-10-12-16(13-11-14)23(26,27)28)21(15-6-2-1-3-7-15)18-9-5-4-8-17(18)20(31)29-21/h1-13H,(H,29,31). The number of alkyl halides is 5. The summed E-state index contributed by atoms with van der Waals surface area (Å²) in [7, 11) is 0. The van der Waals surface area contributed by atoms with Gasteiger partial charge in [-0.3, -0.25) is 9.59 Å². The van der Waals surface area contributed by atoms with E-state index in [2.05, 4.69) is 5.32 Å². The van der Waals surface area contributed by atoms with Crippen molar-refractivity contribution in [3.05, 3.63) is 107 Å². The van der Waals surface area contributed by atoms with Gasteiger partial charge in [-0.1, -0.05) is 60.7 Å². The number of nitrogens with one attached hydrogen (secondary N) is 1. The van der Waals surface area contributed by atoms with Crippen LogP contribution in [0.25, 0.3) is 0 Å². The van der Waals surface area contributed by atoms with Crippen LogP contribution >= 0.6 is 0 Å². The molecule has 1 atom stereocenters. The van der Waals surface area contributed by atoms with Crippen molar-refractivity contribution in [2.45, 2.75) is 17.6 Å². The fraction of sp³-hybridized carbons (Fsp3) is 0.130. The van der Waals surface area contributed by atoms with E-state index in [1.54, 1.807) is 6.07 Å². The molecule has 0 radical (unpaired) electrons. The van der Waals surface area contributed by atoms with E-state index in [1.165, 1.54) is 48.5 Å². The zero-order chi connectivity index (χ0) is 22.4. The highest BCUT2D eigenvalue weighted by Crippen LogP contribution is 2.49. The lowest BCUT2D eigenvalue weighted by atomic mass is 9.75. The molecular weight excluding hydrogens is 417 g/mol. The number of ketones is 1. The van der Waals surface area contributed by atoms with Gasteiger partial charge in [-0.05, 0) is 23.8 Å². The summed E-state index contributed by atoms with van der Waals surface area (Å²) in [6.45, 7) is 0. The minimum absolute atomic E-state index is 0.00810. The molecule has 1 aliphatic rings. The average Bonchev–Trinajstić information content (AvgIpc) is 3.07. The zero-order valence-corrected chi connectivity index (χ0v) is 15.7. The molecule has 0 spiro atoms. The summed E-state index contributed by atoms with van der Waals surface area (Å²) >= 11 is 0. The summed E-state index contributed by atoms with van der Waals surface area (Å²) in [5.41, 5.74) is -4.31. The number of carbonyl (C=O) groups is 2. The molecule has 1 unspecified atom stereocenters. The van der Waals surface area contributed by atoms with Crippen molar-refractivity contribution >= 4 is 11.7 Å². The Hall–Kier alpha value is -3.55. The topological polar surface area (TPSA) is 46.2 Å². The maximum absolute atomic E-state index is 15.9. The predicted molar refractivity (Wildman–Crippen MR) is 102 cm³/mol. The zero-order valence-electron chi connectivity index (χ0n) is 15.7. The second-order valence-electron chi connectivity index (χ2n) is 7.09. The van der Waals surface area contributed by atoms with Gasteiger partial charge in [0.15, 0.2) is 5.54 Å². The molecule has 158 valence electrons. The Bertz CT molecular complexity index is 1160. The van der Waals surface area contributed by atoms with Gasteiger partial charge in [0.2, 0.25) is 5.78 Å². The number of hydrogen-bond acceptors (Lipinski definition) is 2. The van der Waals surface area contributed by atoms with Gasteiger partial charge in [-0.2, -0.15) is 22.0 Å². The molecule has 31 heavy (non-hydrogen) atoms. The fourth-order valence-corrected chi connectivity index (χ4v) is 3.82. The third-order valence-electron chi connectivity index (χ3n) is 5.31. The number of fused-ring (bicyclic) bond motifs is 1. The van der Waals surface area contributed by atoms with E-state index in [-0.39, 0.29) is 16.7 Å².